The largest absolute Gasteiger partial charge is 0.378 e. The topological polar surface area (TPSA) is 41.7 Å². The summed E-state index contributed by atoms with van der Waals surface area (Å²) < 4.78 is 10.3. The fourth-order valence-electron chi connectivity index (χ4n) is 4.85. The van der Waals surface area contributed by atoms with E-state index in [2.05, 4.69) is 74.8 Å². The monoisotopic (exact) mass is 478 g/mol. The normalized spacial score (nSPS) is 17.1. The molecule has 34 heavy (non-hydrogen) atoms. The quantitative estimate of drug-likeness (QED) is 0.457. The van der Waals surface area contributed by atoms with Crippen LogP contribution < -0.4 is 4.90 Å². The van der Waals surface area contributed by atoms with Crippen LogP contribution in [0.2, 0.25) is 0 Å². The molecule has 0 bridgehead atoms. The number of likely N-dealkylation sites (tertiary alicyclic amines) is 1. The van der Waals surface area contributed by atoms with Crippen molar-refractivity contribution in [3.63, 3.8) is 0 Å². The molecule has 1 aromatic heterocycles. The van der Waals surface area contributed by atoms with Crippen molar-refractivity contribution in [2.45, 2.75) is 32.6 Å². The van der Waals surface area contributed by atoms with Gasteiger partial charge in [0.2, 0.25) is 4.77 Å². The van der Waals surface area contributed by atoms with Crippen molar-refractivity contribution in [1.82, 2.24) is 24.1 Å². The molecule has 0 spiro atoms. The molecule has 180 valence electrons. The average Bonchev–Trinajstić information content (AvgIpc) is 3.48. The molecule has 3 aromatic rings. The Morgan fingerprint density at radius 2 is 1.62 bits per heavy atom. The third kappa shape index (κ3) is 5.41. The second-order valence-corrected chi connectivity index (χ2v) is 9.64. The molecule has 2 fully saturated rings. The molecule has 7 nitrogen and oxygen atoms in total. The summed E-state index contributed by atoms with van der Waals surface area (Å²) in [5.41, 5.74) is 3.63. The van der Waals surface area contributed by atoms with Gasteiger partial charge in [0.15, 0.2) is 5.82 Å². The summed E-state index contributed by atoms with van der Waals surface area (Å²) in [4.78, 5) is 7.12. The Morgan fingerprint density at radius 1 is 0.912 bits per heavy atom. The third-order valence-corrected chi connectivity index (χ3v) is 7.02. The highest BCUT2D eigenvalue weighted by Crippen LogP contribution is 2.19. The van der Waals surface area contributed by atoms with Crippen LogP contribution in [-0.2, 0) is 24.5 Å². The highest BCUT2D eigenvalue weighted by Gasteiger charge is 2.19. The van der Waals surface area contributed by atoms with Crippen molar-refractivity contribution in [3.05, 3.63) is 70.8 Å². The number of aromatic nitrogens is 3. The van der Waals surface area contributed by atoms with Crippen LogP contribution in [0, 0.1) is 4.77 Å². The number of hydrogen-bond donors (Lipinski definition) is 0. The van der Waals surface area contributed by atoms with E-state index in [0.29, 0.717) is 6.67 Å². The van der Waals surface area contributed by atoms with Crippen LogP contribution in [-0.4, -0.2) is 70.6 Å². The Kier molecular flexibility index (Phi) is 7.39. The lowest BCUT2D eigenvalue weighted by Crippen LogP contribution is -2.36. The van der Waals surface area contributed by atoms with Crippen LogP contribution in [0.3, 0.4) is 0 Å². The molecular weight excluding hydrogens is 444 g/mol. The molecule has 2 aromatic carbocycles. The predicted molar refractivity (Wildman–Crippen MR) is 138 cm³/mol. The van der Waals surface area contributed by atoms with E-state index in [0.717, 1.165) is 68.8 Å². The van der Waals surface area contributed by atoms with Gasteiger partial charge >= 0.3 is 0 Å². The molecule has 2 saturated heterocycles. The number of rotatable bonds is 8. The number of benzene rings is 2. The van der Waals surface area contributed by atoms with Gasteiger partial charge in [0.05, 0.1) is 26.4 Å². The van der Waals surface area contributed by atoms with Crippen molar-refractivity contribution in [2.75, 3.05) is 51.3 Å². The van der Waals surface area contributed by atoms with E-state index in [9.17, 15) is 0 Å². The Labute approximate surface area is 207 Å². The van der Waals surface area contributed by atoms with E-state index in [1.54, 1.807) is 0 Å². The first kappa shape index (κ1) is 23.2. The summed E-state index contributed by atoms with van der Waals surface area (Å²) in [6, 6.07) is 19.3. The number of anilines is 1. The molecule has 0 aliphatic carbocycles. The number of para-hydroxylation sites is 1. The van der Waals surface area contributed by atoms with E-state index < -0.39 is 0 Å². The van der Waals surface area contributed by atoms with Crippen molar-refractivity contribution < 1.29 is 4.74 Å². The van der Waals surface area contributed by atoms with Gasteiger partial charge in [-0.25, -0.2) is 4.68 Å². The van der Waals surface area contributed by atoms with Gasteiger partial charge in [-0.3, -0.25) is 14.4 Å². The smallest absolute Gasteiger partial charge is 0.203 e. The minimum Gasteiger partial charge on any atom is -0.378 e. The van der Waals surface area contributed by atoms with Gasteiger partial charge < -0.3 is 9.64 Å². The Hall–Kier alpha value is -2.52. The minimum absolute atomic E-state index is 0.650. The van der Waals surface area contributed by atoms with Gasteiger partial charge in [-0.15, -0.1) is 0 Å². The maximum atomic E-state index is 5.91. The number of morpholine rings is 1. The highest BCUT2D eigenvalue weighted by molar-refractivity contribution is 7.71. The van der Waals surface area contributed by atoms with Crippen molar-refractivity contribution in [1.29, 1.82) is 0 Å². The van der Waals surface area contributed by atoms with Gasteiger partial charge in [0.1, 0.15) is 0 Å². The molecule has 8 heteroatoms. The standard InChI is InChI=1S/C26H34N6OS/c1-28(19-22-9-11-23(12-10-22)30-15-17-33-18-16-30)21-31-26(34)32(24-7-3-2-4-8-24)25(27-31)20-29-13-5-6-14-29/h2-4,7-12H,5-6,13-21H2,1H3. The lowest BCUT2D eigenvalue weighted by Gasteiger charge is -2.29. The zero-order valence-corrected chi connectivity index (χ0v) is 20.8. The van der Waals surface area contributed by atoms with Gasteiger partial charge in [-0.05, 0) is 75.0 Å². The van der Waals surface area contributed by atoms with Crippen LogP contribution in [0.25, 0.3) is 5.69 Å². The summed E-state index contributed by atoms with van der Waals surface area (Å²) in [5.74, 6) is 1.02. The maximum Gasteiger partial charge on any atom is 0.203 e. The fraction of sp³-hybridized carbons (Fsp3) is 0.462. The van der Waals surface area contributed by atoms with E-state index in [-0.39, 0.29) is 0 Å². The van der Waals surface area contributed by atoms with Crippen LogP contribution in [0.4, 0.5) is 5.69 Å². The number of ether oxygens (including phenoxy) is 1. The lowest BCUT2D eigenvalue weighted by molar-refractivity contribution is 0.122. The van der Waals surface area contributed by atoms with Gasteiger partial charge in [-0.1, -0.05) is 30.3 Å². The molecule has 0 amide bonds. The minimum atomic E-state index is 0.650. The van der Waals surface area contributed by atoms with Crippen LogP contribution in [0.5, 0.6) is 0 Å². The second-order valence-electron chi connectivity index (χ2n) is 9.27. The summed E-state index contributed by atoms with van der Waals surface area (Å²) in [6.07, 6.45) is 2.53. The maximum absolute atomic E-state index is 5.91. The molecule has 0 atom stereocenters. The molecule has 0 radical (unpaired) electrons. The van der Waals surface area contributed by atoms with E-state index in [1.807, 2.05) is 10.7 Å². The Balaban J connectivity index is 1.30. The first-order valence-electron chi connectivity index (χ1n) is 12.2. The molecule has 5 rings (SSSR count). The molecular formula is C26H34N6OS. The Bertz CT molecular complexity index is 1110. The summed E-state index contributed by atoms with van der Waals surface area (Å²) in [7, 11) is 2.12. The average molecular weight is 479 g/mol. The van der Waals surface area contributed by atoms with Crippen molar-refractivity contribution in [2.24, 2.45) is 0 Å². The van der Waals surface area contributed by atoms with Crippen LogP contribution in [0.1, 0.15) is 24.2 Å². The third-order valence-electron chi connectivity index (χ3n) is 6.62. The fourth-order valence-corrected chi connectivity index (χ4v) is 5.16. The van der Waals surface area contributed by atoms with Crippen LogP contribution >= 0.6 is 12.2 Å². The summed E-state index contributed by atoms with van der Waals surface area (Å²) in [5, 5.41) is 4.98. The first-order valence-corrected chi connectivity index (χ1v) is 12.6. The van der Waals surface area contributed by atoms with E-state index in [1.165, 1.54) is 24.1 Å². The zero-order chi connectivity index (χ0) is 23.3. The Morgan fingerprint density at radius 3 is 2.32 bits per heavy atom. The molecule has 0 unspecified atom stereocenters. The van der Waals surface area contributed by atoms with E-state index in [4.69, 9.17) is 22.1 Å². The number of nitrogens with zero attached hydrogens (tertiary/aromatic N) is 6. The van der Waals surface area contributed by atoms with E-state index >= 15 is 0 Å². The molecule has 2 aliphatic heterocycles. The molecule has 3 heterocycles. The lowest BCUT2D eigenvalue weighted by atomic mass is 10.2. The van der Waals surface area contributed by atoms with Crippen molar-refractivity contribution >= 4 is 17.9 Å². The predicted octanol–water partition coefficient (Wildman–Crippen LogP) is 3.93. The van der Waals surface area contributed by atoms with Crippen molar-refractivity contribution in [3.8, 4) is 5.69 Å². The molecule has 0 N–H and O–H groups in total. The molecule has 0 saturated carbocycles. The molecule has 2 aliphatic rings. The van der Waals surface area contributed by atoms with Gasteiger partial charge in [-0.2, -0.15) is 5.10 Å². The first-order chi connectivity index (χ1) is 16.7. The van der Waals surface area contributed by atoms with Gasteiger partial charge in [0.25, 0.3) is 0 Å². The number of hydrogen-bond acceptors (Lipinski definition) is 6. The SMILES string of the molecule is CN(Cc1ccc(N2CCOCC2)cc1)Cn1nc(CN2CCCC2)n(-c2ccccc2)c1=S. The summed E-state index contributed by atoms with van der Waals surface area (Å²) >= 11 is 5.91. The van der Waals surface area contributed by atoms with Gasteiger partial charge in [0, 0.05) is 31.0 Å². The van der Waals surface area contributed by atoms with Crippen LogP contribution in [0.15, 0.2) is 54.6 Å². The second kappa shape index (κ2) is 10.8. The summed E-state index contributed by atoms with van der Waals surface area (Å²) in [6.45, 7) is 8.12. The zero-order valence-electron chi connectivity index (χ0n) is 20.0. The highest BCUT2D eigenvalue weighted by atomic mass is 32.1.